The summed E-state index contributed by atoms with van der Waals surface area (Å²) in [6, 6.07) is 8.31. The van der Waals surface area contributed by atoms with E-state index < -0.39 is 178 Å². The molecule has 2 saturated heterocycles. The van der Waals surface area contributed by atoms with Gasteiger partial charge in [0.05, 0.1) is 46.1 Å². The fourth-order valence-corrected chi connectivity index (χ4v) is 18.0. The highest BCUT2D eigenvalue weighted by Gasteiger charge is 2.50. The highest BCUT2D eigenvalue weighted by atomic mass is 32.2. The first-order chi connectivity index (χ1) is 54.1. The van der Waals surface area contributed by atoms with Gasteiger partial charge in [-0.3, -0.25) is 72.3 Å². The summed E-state index contributed by atoms with van der Waals surface area (Å²) >= 11 is 2.46. The molecule has 2 aromatic carbocycles. The Morgan fingerprint density at radius 2 is 1.28 bits per heavy atom. The molecular formula is C82H125N13O18S2. The Labute approximate surface area is 685 Å². The summed E-state index contributed by atoms with van der Waals surface area (Å²) in [6.45, 7) is 25.2. The molecule has 2 aromatic rings. The summed E-state index contributed by atoms with van der Waals surface area (Å²) in [5.41, 5.74) is 6.74. The van der Waals surface area contributed by atoms with Crippen LogP contribution in [0, 0.1) is 29.6 Å². The van der Waals surface area contributed by atoms with Crippen LogP contribution in [0.25, 0.3) is 0 Å². The van der Waals surface area contributed by atoms with Crippen LogP contribution in [0.4, 0.5) is 15.3 Å². The van der Waals surface area contributed by atoms with Gasteiger partial charge in [-0.25, -0.2) is 9.59 Å². The van der Waals surface area contributed by atoms with Gasteiger partial charge in [-0.15, -0.1) is 23.5 Å². The number of amides is 14. The van der Waals surface area contributed by atoms with Gasteiger partial charge in [-0.05, 0) is 107 Å². The van der Waals surface area contributed by atoms with Crippen molar-refractivity contribution in [2.75, 3.05) is 72.9 Å². The number of aliphatic hydroxyl groups excluding tert-OH is 2. The topological polar surface area (TPSA) is 408 Å². The Hall–Kier alpha value is -8.47. The second kappa shape index (κ2) is 43.7. The van der Waals surface area contributed by atoms with Crippen molar-refractivity contribution in [2.24, 2.45) is 35.3 Å². The second-order valence-corrected chi connectivity index (χ2v) is 35.4. The van der Waals surface area contributed by atoms with Crippen LogP contribution in [-0.4, -0.2) is 255 Å². The van der Waals surface area contributed by atoms with Gasteiger partial charge in [0.2, 0.25) is 41.4 Å². The van der Waals surface area contributed by atoms with Crippen LogP contribution >= 0.6 is 23.5 Å². The molecule has 0 spiro atoms. The van der Waals surface area contributed by atoms with Crippen molar-refractivity contribution in [2.45, 2.75) is 244 Å². The number of imide groups is 2. The number of thioether (sulfide) groups is 2. The minimum Gasteiger partial charge on any atom is -0.445 e. The highest BCUT2D eigenvalue weighted by Crippen LogP contribution is 2.53. The number of carbonyl (C=O) groups is 13. The number of likely N-dealkylation sites (N-methyl/N-ethyl adjacent to an activating group) is 2. The van der Waals surface area contributed by atoms with Crippen molar-refractivity contribution in [3.05, 3.63) is 87.7 Å². The SMILES string of the molecule is CCCC1(C)SC2=CC(=O)N(CCN(C(=O)CCC(=O)N[C@H](C(=O)N[C@@H](CCCNC(N)=O)C(=O)Nc3ccc(COC(=O)N(C)[C@H](C(=O)N[C@H](C(=O)N(C)[C@@H]([C@@H](C)CC)[C@@H](CC(O)N4CCC[C@H]4[C@H](OC)[C@@H](C)C(=O)N[C@H](C)[C@@H](O)c4ccccc4)OC)C(C)C)C(C)C)cc3)C(C)C)CCN3C(=O)C=C(SC1(C)C)C3=O)C2=O. The Morgan fingerprint density at radius 3 is 1.83 bits per heavy atom. The summed E-state index contributed by atoms with van der Waals surface area (Å²) in [5.74, 6) is -8.50. The van der Waals surface area contributed by atoms with E-state index in [-0.39, 0.29) is 92.0 Å². The molecule has 4 aliphatic rings. The molecule has 115 heavy (non-hydrogen) atoms. The minimum atomic E-state index is -1.24. The lowest BCUT2D eigenvalue weighted by Crippen LogP contribution is -2.60. The second-order valence-electron chi connectivity index (χ2n) is 32.1. The van der Waals surface area contributed by atoms with Gasteiger partial charge < -0.3 is 71.9 Å². The van der Waals surface area contributed by atoms with Crippen LogP contribution in [0.1, 0.15) is 178 Å². The molecule has 2 unspecified atom stereocenters. The lowest BCUT2D eigenvalue weighted by molar-refractivity contribution is -0.146. The van der Waals surface area contributed by atoms with Gasteiger partial charge in [0.15, 0.2) is 0 Å². The number of hydrogen-bond donors (Lipinski definition) is 9. The van der Waals surface area contributed by atoms with Gasteiger partial charge in [0.1, 0.15) is 37.0 Å². The smallest absolute Gasteiger partial charge is 0.410 e. The maximum absolute atomic E-state index is 14.9. The molecule has 14 atom stereocenters. The van der Waals surface area contributed by atoms with Crippen LogP contribution in [0.2, 0.25) is 0 Å². The molecule has 14 amide bonds. The van der Waals surface area contributed by atoms with Crippen LogP contribution in [-0.2, 0) is 73.6 Å². The summed E-state index contributed by atoms with van der Waals surface area (Å²) in [7, 11) is 6.14. The number of anilines is 1. The number of nitrogens with one attached hydrogen (secondary N) is 6. The fourth-order valence-electron chi connectivity index (χ4n) is 15.2. The first-order valence-electron chi connectivity index (χ1n) is 40.0. The maximum atomic E-state index is 14.9. The number of nitrogens with zero attached hydrogens (tertiary/aromatic N) is 6. The van der Waals surface area contributed by atoms with Crippen molar-refractivity contribution in [3.63, 3.8) is 0 Å². The number of fused-ring (bicyclic) bond motifs is 4. The van der Waals surface area contributed by atoms with E-state index in [1.165, 1.54) is 61.8 Å². The number of hydrogen-bond acceptors (Lipinski definition) is 21. The number of primary amides is 1. The number of benzene rings is 2. The molecule has 33 heteroatoms. The summed E-state index contributed by atoms with van der Waals surface area (Å²) in [6.07, 6.45) is 1.09. The molecule has 2 fully saturated rings. The Kier molecular flexibility index (Phi) is 36.2. The van der Waals surface area contributed by atoms with E-state index in [4.69, 9.17) is 19.9 Å². The molecule has 4 bridgehead atoms. The number of nitrogens with two attached hydrogens (primary N) is 1. The number of likely N-dealkylation sites (tertiary alicyclic amines) is 1. The highest BCUT2D eigenvalue weighted by molar-refractivity contribution is 8.09. The van der Waals surface area contributed by atoms with E-state index >= 15 is 0 Å². The first kappa shape index (κ1) is 95.4. The molecule has 0 saturated carbocycles. The van der Waals surface area contributed by atoms with Crippen molar-refractivity contribution in [1.29, 1.82) is 0 Å². The van der Waals surface area contributed by atoms with Crippen molar-refractivity contribution in [1.82, 2.24) is 56.0 Å². The molecule has 6 rings (SSSR count). The molecule has 31 nitrogen and oxygen atoms in total. The average molecular weight is 1650 g/mol. The van der Waals surface area contributed by atoms with Crippen LogP contribution in [0.3, 0.4) is 0 Å². The summed E-state index contributed by atoms with van der Waals surface area (Å²) in [4.78, 5) is 188. The zero-order valence-electron chi connectivity index (χ0n) is 70.1. The van der Waals surface area contributed by atoms with Gasteiger partial charge in [0.25, 0.3) is 23.6 Å². The standard InChI is InChI=1S/C82H125N13O18S2/c1-19-36-82(14)81(12,13)114-59-44-64(99)94(76(59)106)41-39-92(40-42-95-65(100)45-60(115-82)77(95)107)62(97)35-34-61(96)88-66(47(3)4)74(104)87-56(28-24-37-84-79(83)109)73(103)86-55-32-30-53(31-33-55)46-113-80(110)91(16)68(49(7)8)75(105)89-67(48(5)6)78(108)90(15)69(50(9)20-2)58(111-17)43-63(98)93-38-25-29-57(93)71(112-18)51(10)72(102)85-52(11)70(101)54-26-22-21-23-27-54/h21-23,26-27,30-33,44-45,47-52,56-58,63,66-71,98,101H,19-20,24-25,28-29,34-43,46H2,1-18H3,(H,85,102)(H,86,103)(H,87,104)(H,88,96)(H,89,105)(H3,83,84,109)/t50-,51+,52+,56-,57-,58+,63?,66-,67-,68-,69-,70+,71+,82?/m0/s1. The average Bonchev–Trinajstić information content (AvgIpc) is 1.72. The van der Waals surface area contributed by atoms with Gasteiger partial charge >= 0.3 is 12.1 Å². The predicted molar refractivity (Wildman–Crippen MR) is 438 cm³/mol. The molecule has 638 valence electrons. The maximum Gasteiger partial charge on any atom is 0.410 e. The zero-order chi connectivity index (χ0) is 85.7. The zero-order valence-corrected chi connectivity index (χ0v) is 71.7. The summed E-state index contributed by atoms with van der Waals surface area (Å²) in [5, 5.41) is 39.7. The molecule has 0 aliphatic carbocycles. The van der Waals surface area contributed by atoms with Gasteiger partial charge in [-0.2, -0.15) is 0 Å². The van der Waals surface area contributed by atoms with Gasteiger partial charge in [-0.1, -0.05) is 125 Å². The van der Waals surface area contributed by atoms with E-state index in [0.29, 0.717) is 36.9 Å². The Bertz CT molecular complexity index is 3810. The lowest BCUT2D eigenvalue weighted by atomic mass is 9.89. The number of methoxy groups -OCH3 is 2. The normalized spacial score (nSPS) is 20.5. The van der Waals surface area contributed by atoms with E-state index in [1.54, 1.807) is 104 Å². The minimum absolute atomic E-state index is 0.0119. The van der Waals surface area contributed by atoms with E-state index in [0.717, 1.165) is 27.5 Å². The van der Waals surface area contributed by atoms with Gasteiger partial charge in [0, 0.05) is 120 Å². The number of carbonyl (C=O) groups excluding carboxylic acids is 13. The van der Waals surface area contributed by atoms with Crippen LogP contribution in [0.5, 0.6) is 0 Å². The van der Waals surface area contributed by atoms with E-state index in [9.17, 15) is 72.5 Å². The Balaban J connectivity index is 1.05. The molecule has 0 radical (unpaired) electrons. The third-order valence-corrected chi connectivity index (χ3v) is 25.7. The third-order valence-electron chi connectivity index (χ3n) is 22.5. The van der Waals surface area contributed by atoms with E-state index in [2.05, 4.69) is 31.9 Å². The molecule has 0 aromatic heterocycles. The van der Waals surface area contributed by atoms with E-state index in [1.807, 2.05) is 64.6 Å². The van der Waals surface area contributed by atoms with Crippen molar-refractivity contribution < 1.29 is 86.8 Å². The fraction of sp³-hybridized carbons (Fsp3) is 0.646. The predicted octanol–water partition coefficient (Wildman–Crippen LogP) is 6.32. The largest absolute Gasteiger partial charge is 0.445 e. The number of rotatable bonds is 38. The molecule has 10 N–H and O–H groups in total. The lowest BCUT2D eigenvalue weighted by Gasteiger charge is -2.43. The van der Waals surface area contributed by atoms with Crippen molar-refractivity contribution in [3.8, 4) is 0 Å². The molecular weight excluding hydrogens is 1520 g/mol. The van der Waals surface area contributed by atoms with Crippen LogP contribution < -0.4 is 37.6 Å². The number of aliphatic hydroxyl groups is 2. The third kappa shape index (κ3) is 25.3. The van der Waals surface area contributed by atoms with Crippen molar-refractivity contribution >= 4 is 106 Å². The summed E-state index contributed by atoms with van der Waals surface area (Å²) < 4.78 is 16.5. The molecule has 4 aliphatic heterocycles. The Morgan fingerprint density at radius 1 is 0.678 bits per heavy atom. The number of ether oxygens (including phenoxy) is 3. The first-order valence-corrected chi connectivity index (χ1v) is 41.6. The molecule has 4 heterocycles. The quantitative estimate of drug-likeness (QED) is 0.0262. The number of urea groups is 1. The van der Waals surface area contributed by atoms with Crippen LogP contribution in [0.15, 0.2) is 76.6 Å². The monoisotopic (exact) mass is 1640 g/mol.